The first-order chi connectivity index (χ1) is 12.2. The number of benzene rings is 1. The van der Waals surface area contributed by atoms with Crippen molar-refractivity contribution in [2.24, 2.45) is 11.8 Å². The van der Waals surface area contributed by atoms with E-state index in [0.717, 1.165) is 23.2 Å². The molecule has 25 heavy (non-hydrogen) atoms. The molecule has 0 N–H and O–H groups in total. The summed E-state index contributed by atoms with van der Waals surface area (Å²) in [5, 5.41) is 13.9. The van der Waals surface area contributed by atoms with Crippen molar-refractivity contribution in [3.63, 3.8) is 0 Å². The standard InChI is InChI=1S/C19H19N3O3/c1-13-10-25-21-17(13)19(12-20)15-7-8-22(9-16(15)19)18(23)24-11-14-5-3-2-4-6-14/h2-6,10,15-16H,7-9,11H2,1H3. The number of aromatic nitrogens is 1. The fourth-order valence-corrected chi connectivity index (χ4v) is 4.10. The molecule has 0 radical (unpaired) electrons. The maximum atomic E-state index is 12.4. The molecule has 3 atom stereocenters. The van der Waals surface area contributed by atoms with Gasteiger partial charge in [-0.3, -0.25) is 0 Å². The average molecular weight is 337 g/mol. The van der Waals surface area contributed by atoms with Crippen LogP contribution in [0.5, 0.6) is 0 Å². The van der Waals surface area contributed by atoms with E-state index in [1.807, 2.05) is 37.3 Å². The summed E-state index contributed by atoms with van der Waals surface area (Å²) >= 11 is 0. The van der Waals surface area contributed by atoms with Gasteiger partial charge in [-0.05, 0) is 24.8 Å². The van der Waals surface area contributed by atoms with Crippen molar-refractivity contribution < 1.29 is 14.1 Å². The number of hydrogen-bond donors (Lipinski definition) is 0. The van der Waals surface area contributed by atoms with Crippen LogP contribution < -0.4 is 0 Å². The molecule has 2 aromatic rings. The Kier molecular flexibility index (Phi) is 3.72. The van der Waals surface area contributed by atoms with Crippen molar-refractivity contribution in [1.29, 1.82) is 5.26 Å². The number of piperidine rings is 1. The smallest absolute Gasteiger partial charge is 0.410 e. The Labute approximate surface area is 146 Å². The molecule has 1 aromatic carbocycles. The zero-order valence-electron chi connectivity index (χ0n) is 14.0. The first kappa shape index (κ1) is 15.7. The minimum absolute atomic E-state index is 0.0966. The first-order valence-electron chi connectivity index (χ1n) is 8.45. The summed E-state index contributed by atoms with van der Waals surface area (Å²) in [6.45, 7) is 3.30. The SMILES string of the molecule is Cc1conc1C1(C#N)C2CCN(C(=O)OCc3ccccc3)CC21. The van der Waals surface area contributed by atoms with Crippen molar-refractivity contribution in [3.8, 4) is 6.07 Å². The average Bonchev–Trinajstić information content (AvgIpc) is 3.10. The van der Waals surface area contributed by atoms with Crippen molar-refractivity contribution in [3.05, 3.63) is 53.4 Å². The maximum absolute atomic E-state index is 12.4. The topological polar surface area (TPSA) is 79.4 Å². The first-order valence-corrected chi connectivity index (χ1v) is 8.45. The molecule has 1 aliphatic heterocycles. The van der Waals surface area contributed by atoms with Crippen LogP contribution in [0.3, 0.4) is 0 Å². The summed E-state index contributed by atoms with van der Waals surface area (Å²) < 4.78 is 10.5. The molecule has 6 nitrogen and oxygen atoms in total. The van der Waals surface area contributed by atoms with E-state index in [1.54, 1.807) is 11.2 Å². The van der Waals surface area contributed by atoms with Gasteiger partial charge < -0.3 is 14.2 Å². The Hall–Kier alpha value is -2.81. The highest BCUT2D eigenvalue weighted by molar-refractivity contribution is 5.68. The van der Waals surface area contributed by atoms with Crippen molar-refractivity contribution >= 4 is 6.09 Å². The van der Waals surface area contributed by atoms with Crippen LogP contribution in [-0.4, -0.2) is 29.2 Å². The normalized spacial score (nSPS) is 27.3. The third-order valence-corrected chi connectivity index (χ3v) is 5.46. The molecule has 4 rings (SSSR count). The molecule has 1 saturated heterocycles. The highest BCUT2D eigenvalue weighted by atomic mass is 16.6. The van der Waals surface area contributed by atoms with Crippen LogP contribution in [0.25, 0.3) is 0 Å². The highest BCUT2D eigenvalue weighted by Gasteiger charge is 2.70. The molecule has 2 heterocycles. The number of nitrogens with zero attached hydrogens (tertiary/aromatic N) is 3. The van der Waals surface area contributed by atoms with Gasteiger partial charge in [-0.1, -0.05) is 35.5 Å². The molecule has 0 bridgehead atoms. The zero-order chi connectivity index (χ0) is 17.4. The second kappa shape index (κ2) is 5.92. The predicted octanol–water partition coefficient (Wildman–Crippen LogP) is 3.03. The number of aryl methyl sites for hydroxylation is 1. The number of ether oxygens (including phenoxy) is 1. The van der Waals surface area contributed by atoms with Gasteiger partial charge in [-0.15, -0.1) is 0 Å². The number of amides is 1. The van der Waals surface area contributed by atoms with E-state index in [2.05, 4.69) is 11.2 Å². The van der Waals surface area contributed by atoms with Gasteiger partial charge in [0.05, 0.1) is 6.07 Å². The molecule has 1 aliphatic carbocycles. The minimum atomic E-state index is -0.620. The van der Waals surface area contributed by atoms with E-state index in [0.29, 0.717) is 13.1 Å². The van der Waals surface area contributed by atoms with Crippen LogP contribution in [-0.2, 0) is 16.8 Å². The predicted molar refractivity (Wildman–Crippen MR) is 88.3 cm³/mol. The monoisotopic (exact) mass is 337 g/mol. The molecule has 3 unspecified atom stereocenters. The largest absolute Gasteiger partial charge is 0.445 e. The van der Waals surface area contributed by atoms with Gasteiger partial charge in [0.15, 0.2) is 0 Å². The van der Waals surface area contributed by atoms with E-state index in [4.69, 9.17) is 9.26 Å². The van der Waals surface area contributed by atoms with Gasteiger partial charge in [-0.2, -0.15) is 5.26 Å². The summed E-state index contributed by atoms with van der Waals surface area (Å²) in [5.74, 6) is 0.332. The molecular formula is C19H19N3O3. The molecular weight excluding hydrogens is 318 g/mol. The van der Waals surface area contributed by atoms with Crippen LogP contribution in [0, 0.1) is 30.1 Å². The number of rotatable bonds is 3. The molecule has 6 heteroatoms. The molecule has 1 aromatic heterocycles. The van der Waals surface area contributed by atoms with E-state index in [9.17, 15) is 10.1 Å². The Morgan fingerprint density at radius 1 is 1.44 bits per heavy atom. The quantitative estimate of drug-likeness (QED) is 0.860. The van der Waals surface area contributed by atoms with E-state index in [1.165, 1.54) is 0 Å². The lowest BCUT2D eigenvalue weighted by atomic mass is 9.96. The van der Waals surface area contributed by atoms with Crippen LogP contribution in [0.2, 0.25) is 0 Å². The van der Waals surface area contributed by atoms with Crippen LogP contribution >= 0.6 is 0 Å². The maximum Gasteiger partial charge on any atom is 0.410 e. The van der Waals surface area contributed by atoms with Crippen molar-refractivity contribution in [2.45, 2.75) is 25.4 Å². The number of carbonyl (C=O) groups is 1. The minimum Gasteiger partial charge on any atom is -0.445 e. The summed E-state index contributed by atoms with van der Waals surface area (Å²) in [4.78, 5) is 14.1. The second-order valence-electron chi connectivity index (χ2n) is 6.81. The number of fused-ring (bicyclic) bond motifs is 1. The molecule has 0 spiro atoms. The second-order valence-corrected chi connectivity index (χ2v) is 6.81. The third-order valence-electron chi connectivity index (χ3n) is 5.46. The summed E-state index contributed by atoms with van der Waals surface area (Å²) in [6.07, 6.45) is 2.04. The Morgan fingerprint density at radius 3 is 2.92 bits per heavy atom. The third kappa shape index (κ3) is 2.47. The lowest BCUT2D eigenvalue weighted by Gasteiger charge is -2.25. The number of likely N-dealkylation sites (tertiary alicyclic amines) is 1. The van der Waals surface area contributed by atoms with E-state index < -0.39 is 5.41 Å². The van der Waals surface area contributed by atoms with Crippen LogP contribution in [0.1, 0.15) is 23.2 Å². The number of carbonyl (C=O) groups excluding carboxylic acids is 1. The summed E-state index contributed by atoms with van der Waals surface area (Å²) in [6, 6.07) is 12.1. The number of nitriles is 1. The Balaban J connectivity index is 1.42. The van der Waals surface area contributed by atoms with Gasteiger partial charge in [0.2, 0.25) is 0 Å². The molecule has 1 amide bonds. The molecule has 1 saturated carbocycles. The Bertz CT molecular complexity index is 826. The van der Waals surface area contributed by atoms with Crippen molar-refractivity contribution in [1.82, 2.24) is 10.1 Å². The molecule has 2 fully saturated rings. The Morgan fingerprint density at radius 2 is 2.24 bits per heavy atom. The fraction of sp³-hybridized carbons (Fsp3) is 0.421. The zero-order valence-corrected chi connectivity index (χ0v) is 14.0. The van der Waals surface area contributed by atoms with Crippen molar-refractivity contribution in [2.75, 3.05) is 13.1 Å². The lowest BCUT2D eigenvalue weighted by molar-refractivity contribution is 0.0877. The van der Waals surface area contributed by atoms with Crippen LogP contribution in [0.15, 0.2) is 41.1 Å². The van der Waals surface area contributed by atoms with Gasteiger partial charge in [0.1, 0.15) is 24.0 Å². The highest BCUT2D eigenvalue weighted by Crippen LogP contribution is 2.63. The summed E-state index contributed by atoms with van der Waals surface area (Å²) in [7, 11) is 0. The number of hydrogen-bond acceptors (Lipinski definition) is 5. The van der Waals surface area contributed by atoms with Gasteiger partial charge in [0.25, 0.3) is 0 Å². The van der Waals surface area contributed by atoms with Gasteiger partial charge >= 0.3 is 6.09 Å². The molecule has 128 valence electrons. The van der Waals surface area contributed by atoms with E-state index in [-0.39, 0.29) is 24.5 Å². The van der Waals surface area contributed by atoms with Gasteiger partial charge in [0, 0.05) is 24.6 Å². The van der Waals surface area contributed by atoms with Crippen LogP contribution in [0.4, 0.5) is 4.79 Å². The summed E-state index contributed by atoms with van der Waals surface area (Å²) in [5.41, 5.74) is 1.96. The lowest BCUT2D eigenvalue weighted by Crippen LogP contribution is -2.37. The molecule has 2 aliphatic rings. The van der Waals surface area contributed by atoms with E-state index >= 15 is 0 Å². The van der Waals surface area contributed by atoms with Gasteiger partial charge in [-0.25, -0.2) is 4.79 Å². The fourth-order valence-electron chi connectivity index (χ4n) is 4.10.